The van der Waals surface area contributed by atoms with Crippen LogP contribution in [0.3, 0.4) is 0 Å². The van der Waals surface area contributed by atoms with Crippen molar-refractivity contribution in [2.24, 2.45) is 11.8 Å². The van der Waals surface area contributed by atoms with E-state index in [1.807, 2.05) is 42.5 Å². The SMILES string of the molecule is N#CCNC(=O)C1CCCCC1CS(=O)(=O)c1ccc(SCc2ccccc2Cl)cc1. The fourth-order valence-corrected chi connectivity index (χ4v) is 6.80. The van der Waals surface area contributed by atoms with Gasteiger partial charge in [-0.05, 0) is 54.7 Å². The second-order valence-corrected chi connectivity index (χ2v) is 11.2. The van der Waals surface area contributed by atoms with Crippen LogP contribution in [0.25, 0.3) is 0 Å². The van der Waals surface area contributed by atoms with Gasteiger partial charge in [0.05, 0.1) is 16.7 Å². The number of amides is 1. The van der Waals surface area contributed by atoms with Gasteiger partial charge in [0.25, 0.3) is 0 Å². The molecule has 1 amide bonds. The minimum absolute atomic E-state index is 0.0518. The zero-order valence-corrected chi connectivity index (χ0v) is 19.5. The third-order valence-electron chi connectivity index (χ3n) is 5.56. The van der Waals surface area contributed by atoms with Crippen LogP contribution in [0.5, 0.6) is 0 Å². The summed E-state index contributed by atoms with van der Waals surface area (Å²) in [5, 5.41) is 12.0. The van der Waals surface area contributed by atoms with Crippen molar-refractivity contribution in [2.75, 3.05) is 12.3 Å². The lowest BCUT2D eigenvalue weighted by molar-refractivity contribution is -0.127. The van der Waals surface area contributed by atoms with Gasteiger partial charge in [-0.15, -0.1) is 11.8 Å². The minimum atomic E-state index is -3.51. The van der Waals surface area contributed by atoms with Crippen molar-refractivity contribution in [1.29, 1.82) is 5.26 Å². The molecule has 0 aliphatic heterocycles. The molecule has 2 unspecified atom stereocenters. The summed E-state index contributed by atoms with van der Waals surface area (Å²) in [4.78, 5) is 13.6. The Labute approximate surface area is 193 Å². The molecule has 0 radical (unpaired) electrons. The van der Waals surface area contributed by atoms with Gasteiger partial charge in [0.1, 0.15) is 6.54 Å². The second kappa shape index (κ2) is 11.0. The molecule has 0 saturated heterocycles. The molecule has 164 valence electrons. The summed E-state index contributed by atoms with van der Waals surface area (Å²) in [6, 6.07) is 16.5. The van der Waals surface area contributed by atoms with Gasteiger partial charge < -0.3 is 5.32 Å². The van der Waals surface area contributed by atoms with E-state index in [1.165, 1.54) is 0 Å². The topological polar surface area (TPSA) is 87.0 Å². The highest BCUT2D eigenvalue weighted by Gasteiger charge is 2.34. The van der Waals surface area contributed by atoms with Gasteiger partial charge in [-0.3, -0.25) is 4.79 Å². The monoisotopic (exact) mass is 476 g/mol. The van der Waals surface area contributed by atoms with Gasteiger partial charge in [-0.2, -0.15) is 5.26 Å². The number of halogens is 1. The van der Waals surface area contributed by atoms with Gasteiger partial charge in [0, 0.05) is 21.6 Å². The number of rotatable bonds is 8. The van der Waals surface area contributed by atoms with Crippen molar-refractivity contribution in [3.05, 3.63) is 59.1 Å². The van der Waals surface area contributed by atoms with Crippen LogP contribution in [0.2, 0.25) is 5.02 Å². The van der Waals surface area contributed by atoms with E-state index < -0.39 is 9.84 Å². The lowest BCUT2D eigenvalue weighted by atomic mass is 9.80. The number of benzene rings is 2. The van der Waals surface area contributed by atoms with Gasteiger partial charge in [0.15, 0.2) is 9.84 Å². The zero-order chi connectivity index (χ0) is 22.3. The third kappa shape index (κ3) is 6.49. The Balaban J connectivity index is 1.65. The second-order valence-electron chi connectivity index (χ2n) is 7.66. The number of thioether (sulfide) groups is 1. The van der Waals surface area contributed by atoms with Gasteiger partial charge in [-0.1, -0.05) is 42.6 Å². The Kier molecular flexibility index (Phi) is 8.42. The molecule has 2 aromatic carbocycles. The van der Waals surface area contributed by atoms with E-state index in [9.17, 15) is 13.2 Å². The highest BCUT2D eigenvalue weighted by molar-refractivity contribution is 7.98. The Morgan fingerprint density at radius 3 is 2.55 bits per heavy atom. The lowest BCUT2D eigenvalue weighted by Crippen LogP contribution is -2.39. The molecular formula is C23H25ClN2O3S2. The average Bonchev–Trinajstić information content (AvgIpc) is 2.77. The van der Waals surface area contributed by atoms with Crippen molar-refractivity contribution >= 4 is 39.1 Å². The maximum atomic E-state index is 13.0. The van der Waals surface area contributed by atoms with Crippen molar-refractivity contribution in [3.63, 3.8) is 0 Å². The van der Waals surface area contributed by atoms with E-state index in [2.05, 4.69) is 5.32 Å². The summed E-state index contributed by atoms with van der Waals surface area (Å²) < 4.78 is 26.0. The van der Waals surface area contributed by atoms with Crippen LogP contribution in [0.15, 0.2) is 58.3 Å². The van der Waals surface area contributed by atoms with Crippen LogP contribution in [0.4, 0.5) is 0 Å². The Hall–Kier alpha value is -2.01. The quantitative estimate of drug-likeness (QED) is 0.434. The highest BCUT2D eigenvalue weighted by Crippen LogP contribution is 2.33. The number of nitrogens with one attached hydrogen (secondary N) is 1. The lowest BCUT2D eigenvalue weighted by Gasteiger charge is -2.30. The fraction of sp³-hybridized carbons (Fsp3) is 0.391. The van der Waals surface area contributed by atoms with E-state index in [1.54, 1.807) is 23.9 Å². The van der Waals surface area contributed by atoms with E-state index in [4.69, 9.17) is 16.9 Å². The first-order valence-corrected chi connectivity index (χ1v) is 13.3. The van der Waals surface area contributed by atoms with Crippen LogP contribution in [0.1, 0.15) is 31.2 Å². The van der Waals surface area contributed by atoms with Crippen molar-refractivity contribution in [3.8, 4) is 6.07 Å². The molecule has 0 bridgehead atoms. The molecule has 1 fully saturated rings. The summed E-state index contributed by atoms with van der Waals surface area (Å²) in [6.45, 7) is -0.0534. The molecule has 2 aromatic rings. The molecule has 0 spiro atoms. The molecular weight excluding hydrogens is 452 g/mol. The van der Waals surface area contributed by atoms with E-state index in [0.29, 0.717) is 18.6 Å². The Morgan fingerprint density at radius 1 is 1.13 bits per heavy atom. The molecule has 31 heavy (non-hydrogen) atoms. The van der Waals surface area contributed by atoms with Gasteiger partial charge in [0.2, 0.25) is 5.91 Å². The van der Waals surface area contributed by atoms with Crippen LogP contribution in [-0.4, -0.2) is 26.6 Å². The molecule has 8 heteroatoms. The van der Waals surface area contributed by atoms with Crippen molar-refractivity contribution < 1.29 is 13.2 Å². The maximum absolute atomic E-state index is 13.0. The first-order valence-electron chi connectivity index (χ1n) is 10.2. The number of sulfone groups is 1. The minimum Gasteiger partial charge on any atom is -0.343 e. The smallest absolute Gasteiger partial charge is 0.224 e. The van der Waals surface area contributed by atoms with Crippen LogP contribution in [-0.2, 0) is 20.4 Å². The normalized spacial score (nSPS) is 18.8. The molecule has 1 aliphatic rings. The molecule has 3 rings (SSSR count). The summed E-state index contributed by atoms with van der Waals surface area (Å²) >= 11 is 7.79. The van der Waals surface area contributed by atoms with Crippen molar-refractivity contribution in [1.82, 2.24) is 5.32 Å². The molecule has 0 heterocycles. The van der Waals surface area contributed by atoms with E-state index in [-0.39, 0.29) is 34.9 Å². The fourth-order valence-electron chi connectivity index (χ4n) is 3.91. The number of nitriles is 1. The molecule has 1 N–H and O–H groups in total. The maximum Gasteiger partial charge on any atom is 0.224 e. The predicted molar refractivity (Wildman–Crippen MR) is 124 cm³/mol. The number of carbonyl (C=O) groups is 1. The molecule has 2 atom stereocenters. The van der Waals surface area contributed by atoms with Crippen LogP contribution in [0, 0.1) is 23.2 Å². The zero-order valence-electron chi connectivity index (χ0n) is 17.1. The first kappa shape index (κ1) is 23.6. The number of hydrogen-bond acceptors (Lipinski definition) is 5. The number of carbonyl (C=O) groups excluding carboxylic acids is 1. The predicted octanol–water partition coefficient (Wildman–Crippen LogP) is 4.85. The highest BCUT2D eigenvalue weighted by atomic mass is 35.5. The molecule has 1 saturated carbocycles. The largest absolute Gasteiger partial charge is 0.343 e. The summed E-state index contributed by atoms with van der Waals surface area (Å²) in [6.07, 6.45) is 3.18. The standard InChI is InChI=1S/C23H25ClN2O3S2/c24-22-8-4-2-5-17(22)15-30-19-9-11-20(12-10-19)31(28,29)16-18-6-1-3-7-21(18)23(27)26-14-13-25/h2,4-5,8-12,18,21H,1,3,6-7,14-16H2,(H,26,27). The van der Waals surface area contributed by atoms with Gasteiger partial charge in [-0.25, -0.2) is 8.42 Å². The Bertz CT molecular complexity index is 1050. The van der Waals surface area contributed by atoms with E-state index >= 15 is 0 Å². The average molecular weight is 477 g/mol. The molecule has 1 aliphatic carbocycles. The van der Waals surface area contributed by atoms with Crippen LogP contribution >= 0.6 is 23.4 Å². The summed E-state index contributed by atoms with van der Waals surface area (Å²) in [5.41, 5.74) is 1.03. The first-order chi connectivity index (χ1) is 14.9. The third-order valence-corrected chi connectivity index (χ3v) is 8.84. The Morgan fingerprint density at radius 2 is 1.84 bits per heavy atom. The van der Waals surface area contributed by atoms with E-state index in [0.717, 1.165) is 28.3 Å². The summed E-state index contributed by atoms with van der Waals surface area (Å²) in [5.74, 6) is -0.154. The number of nitrogens with zero attached hydrogens (tertiary/aromatic N) is 1. The number of hydrogen-bond donors (Lipinski definition) is 1. The molecule has 0 aromatic heterocycles. The summed E-state index contributed by atoms with van der Waals surface area (Å²) in [7, 11) is -3.51. The van der Waals surface area contributed by atoms with Crippen molar-refractivity contribution in [2.45, 2.75) is 41.2 Å². The molecule has 5 nitrogen and oxygen atoms in total. The van der Waals surface area contributed by atoms with Crippen LogP contribution < -0.4 is 5.32 Å². The van der Waals surface area contributed by atoms with Gasteiger partial charge >= 0.3 is 0 Å².